The van der Waals surface area contributed by atoms with Gasteiger partial charge in [-0.15, -0.1) is 0 Å². The van der Waals surface area contributed by atoms with Crippen LogP contribution in [0.25, 0.3) is 11.0 Å². The van der Waals surface area contributed by atoms with Gasteiger partial charge in [0.1, 0.15) is 18.2 Å². The van der Waals surface area contributed by atoms with Crippen molar-refractivity contribution >= 4 is 29.3 Å². The summed E-state index contributed by atoms with van der Waals surface area (Å²) in [5.41, 5.74) is 1.95. The lowest BCUT2D eigenvalue weighted by Crippen LogP contribution is -2.47. The summed E-state index contributed by atoms with van der Waals surface area (Å²) in [4.78, 5) is 28.9. The Morgan fingerprint density at radius 2 is 1.83 bits per heavy atom. The summed E-state index contributed by atoms with van der Waals surface area (Å²) >= 11 is 0. The quantitative estimate of drug-likeness (QED) is 0.568. The number of aromatic amines is 2. The number of anilines is 2. The Kier molecular flexibility index (Phi) is 4.32. The van der Waals surface area contributed by atoms with Crippen LogP contribution in [0.4, 0.5) is 11.8 Å². The van der Waals surface area contributed by atoms with Crippen molar-refractivity contribution < 1.29 is 9.90 Å². The van der Waals surface area contributed by atoms with Gasteiger partial charge >= 0.3 is 0 Å². The first-order valence-corrected chi connectivity index (χ1v) is 7.04. The van der Waals surface area contributed by atoms with Crippen LogP contribution in [-0.2, 0) is 4.79 Å². The summed E-state index contributed by atoms with van der Waals surface area (Å²) in [5, 5.41) is 13.7. The van der Waals surface area contributed by atoms with Gasteiger partial charge in [0.25, 0.3) is 6.47 Å². The van der Waals surface area contributed by atoms with Crippen molar-refractivity contribution in [2.24, 2.45) is 0 Å². The van der Waals surface area contributed by atoms with Gasteiger partial charge in [-0.25, -0.2) is 15.1 Å². The van der Waals surface area contributed by atoms with Crippen molar-refractivity contribution in [2.75, 3.05) is 36.0 Å². The van der Waals surface area contributed by atoms with Crippen LogP contribution in [0.2, 0.25) is 0 Å². The molecule has 0 atom stereocenters. The van der Waals surface area contributed by atoms with Gasteiger partial charge in [-0.05, 0) is 6.07 Å². The lowest BCUT2D eigenvalue weighted by atomic mass is 10.3. The van der Waals surface area contributed by atoms with E-state index < -0.39 is 0 Å². The number of nitrogens with one attached hydrogen (secondary N) is 2. The lowest BCUT2D eigenvalue weighted by molar-refractivity contribution is -0.122. The second kappa shape index (κ2) is 6.73. The molecule has 0 radical (unpaired) electrons. The number of H-pyrrole nitrogens is 2. The fourth-order valence-corrected chi connectivity index (χ4v) is 2.58. The predicted molar refractivity (Wildman–Crippen MR) is 83.4 cm³/mol. The molecule has 120 valence electrons. The molecule has 3 aromatic heterocycles. The predicted octanol–water partition coefficient (Wildman–Crippen LogP) is 0.103. The summed E-state index contributed by atoms with van der Waals surface area (Å²) < 4.78 is 0. The number of fused-ring (bicyclic) bond motifs is 1. The zero-order valence-electron chi connectivity index (χ0n) is 12.3. The average molecular weight is 316 g/mol. The van der Waals surface area contributed by atoms with Crippen molar-refractivity contribution in [1.82, 2.24) is 30.1 Å². The van der Waals surface area contributed by atoms with Gasteiger partial charge in [0.2, 0.25) is 5.95 Å². The van der Waals surface area contributed by atoms with Crippen molar-refractivity contribution in [1.29, 1.82) is 0 Å². The molecule has 0 bridgehead atoms. The van der Waals surface area contributed by atoms with Gasteiger partial charge in [0.05, 0.1) is 5.52 Å². The standard InChI is InChI=1S/C12H14N8.CH2O2/c1-2-13-10-9(1)14-7-15-11(10)19-3-5-20(6-4-19)12-16-8-17-18-12;2-1-3/h1-2,7-8,13H,3-6H2,(H,16,17,18);1H,(H,2,3). The minimum atomic E-state index is -0.250. The molecule has 3 N–H and O–H groups in total. The van der Waals surface area contributed by atoms with Gasteiger partial charge in [0.15, 0.2) is 5.82 Å². The normalized spacial score (nSPS) is 14.4. The molecule has 10 heteroatoms. The van der Waals surface area contributed by atoms with E-state index in [1.807, 2.05) is 12.3 Å². The third kappa shape index (κ3) is 3.05. The largest absolute Gasteiger partial charge is 0.483 e. The minimum Gasteiger partial charge on any atom is -0.483 e. The average Bonchev–Trinajstić information content (AvgIpc) is 3.27. The van der Waals surface area contributed by atoms with E-state index in [9.17, 15) is 0 Å². The molecule has 3 aromatic rings. The number of carbonyl (C=O) groups is 1. The van der Waals surface area contributed by atoms with Crippen LogP contribution >= 0.6 is 0 Å². The first-order chi connectivity index (χ1) is 11.3. The molecule has 4 heterocycles. The fraction of sp³-hybridized carbons (Fsp3) is 0.308. The monoisotopic (exact) mass is 316 g/mol. The van der Waals surface area contributed by atoms with Crippen LogP contribution in [0, 0.1) is 0 Å². The van der Waals surface area contributed by atoms with E-state index in [1.165, 1.54) is 6.33 Å². The van der Waals surface area contributed by atoms with Crippen LogP contribution < -0.4 is 9.80 Å². The molecule has 1 aliphatic heterocycles. The second-order valence-corrected chi connectivity index (χ2v) is 4.82. The molecule has 0 aliphatic carbocycles. The molecule has 10 nitrogen and oxygen atoms in total. The van der Waals surface area contributed by atoms with Crippen LogP contribution in [0.15, 0.2) is 24.9 Å². The fourth-order valence-electron chi connectivity index (χ4n) is 2.58. The Morgan fingerprint density at radius 1 is 1.09 bits per heavy atom. The van der Waals surface area contributed by atoms with Crippen molar-refractivity contribution in [2.45, 2.75) is 0 Å². The highest BCUT2D eigenvalue weighted by Gasteiger charge is 2.21. The Labute approximate surface area is 131 Å². The van der Waals surface area contributed by atoms with Gasteiger partial charge in [-0.3, -0.25) is 4.79 Å². The number of hydrogen-bond acceptors (Lipinski definition) is 7. The zero-order chi connectivity index (χ0) is 16.1. The Balaban J connectivity index is 0.000000485. The number of rotatable bonds is 2. The maximum atomic E-state index is 8.36. The van der Waals surface area contributed by atoms with Gasteiger partial charge in [-0.2, -0.15) is 10.1 Å². The summed E-state index contributed by atoms with van der Waals surface area (Å²) in [7, 11) is 0. The second-order valence-electron chi connectivity index (χ2n) is 4.82. The van der Waals surface area contributed by atoms with Crippen molar-refractivity contribution in [3.05, 3.63) is 24.9 Å². The maximum Gasteiger partial charge on any atom is 0.290 e. The molecule has 0 saturated carbocycles. The molecule has 23 heavy (non-hydrogen) atoms. The molecule has 1 fully saturated rings. The first kappa shape index (κ1) is 14.8. The summed E-state index contributed by atoms with van der Waals surface area (Å²) in [6.07, 6.45) is 5.05. The Morgan fingerprint density at radius 3 is 2.52 bits per heavy atom. The highest BCUT2D eigenvalue weighted by Crippen LogP contribution is 2.22. The Hall–Kier alpha value is -3.17. The van der Waals surface area contributed by atoms with Crippen LogP contribution in [0.5, 0.6) is 0 Å². The molecule has 4 rings (SSSR count). The molecule has 1 saturated heterocycles. The van der Waals surface area contributed by atoms with Gasteiger partial charge < -0.3 is 19.9 Å². The van der Waals surface area contributed by atoms with E-state index in [0.717, 1.165) is 49.0 Å². The summed E-state index contributed by atoms with van der Waals surface area (Å²) in [5.74, 6) is 1.80. The summed E-state index contributed by atoms with van der Waals surface area (Å²) in [6, 6.07) is 1.96. The van der Waals surface area contributed by atoms with E-state index in [2.05, 4.69) is 39.9 Å². The number of nitrogens with zero attached hydrogens (tertiary/aromatic N) is 6. The van der Waals surface area contributed by atoms with Crippen molar-refractivity contribution in [3.8, 4) is 0 Å². The van der Waals surface area contributed by atoms with Crippen LogP contribution in [0.1, 0.15) is 0 Å². The molecule has 0 amide bonds. The topological polar surface area (TPSA) is 127 Å². The first-order valence-electron chi connectivity index (χ1n) is 7.04. The minimum absolute atomic E-state index is 0.250. The van der Waals surface area contributed by atoms with E-state index in [1.54, 1.807) is 6.33 Å². The molecule has 1 aliphatic rings. The highest BCUT2D eigenvalue weighted by atomic mass is 16.3. The van der Waals surface area contributed by atoms with Crippen LogP contribution in [-0.4, -0.2) is 67.9 Å². The van der Waals surface area contributed by atoms with E-state index >= 15 is 0 Å². The van der Waals surface area contributed by atoms with Gasteiger partial charge in [0, 0.05) is 32.4 Å². The van der Waals surface area contributed by atoms with E-state index in [0.29, 0.717) is 0 Å². The zero-order valence-corrected chi connectivity index (χ0v) is 12.3. The molecule has 0 spiro atoms. The van der Waals surface area contributed by atoms with Crippen LogP contribution in [0.3, 0.4) is 0 Å². The Bertz CT molecular complexity index is 748. The van der Waals surface area contributed by atoms with E-state index in [-0.39, 0.29) is 6.47 Å². The highest BCUT2D eigenvalue weighted by molar-refractivity contribution is 5.85. The maximum absolute atomic E-state index is 8.36. The molecule has 0 unspecified atom stereocenters. The molecular formula is C13H16N8O2. The molecule has 0 aromatic carbocycles. The molecular weight excluding hydrogens is 300 g/mol. The number of carboxylic acid groups (broad SMARTS) is 1. The van der Waals surface area contributed by atoms with Gasteiger partial charge in [-0.1, -0.05) is 0 Å². The number of aromatic nitrogens is 6. The van der Waals surface area contributed by atoms with E-state index in [4.69, 9.17) is 9.90 Å². The SMILES string of the molecule is O=CO.c1n[nH]c(N2CCN(c3ncnc4cc[nH]c34)CC2)n1. The third-order valence-electron chi connectivity index (χ3n) is 3.61. The van der Waals surface area contributed by atoms with Crippen molar-refractivity contribution in [3.63, 3.8) is 0 Å². The smallest absolute Gasteiger partial charge is 0.290 e. The number of hydrogen-bond donors (Lipinski definition) is 3. The summed E-state index contributed by atoms with van der Waals surface area (Å²) in [6.45, 7) is 3.32. The number of piperazine rings is 1. The lowest BCUT2D eigenvalue weighted by Gasteiger charge is -2.35. The third-order valence-corrected chi connectivity index (χ3v) is 3.61.